The van der Waals surface area contributed by atoms with Crippen LogP contribution < -0.4 is 0 Å². The van der Waals surface area contributed by atoms with Gasteiger partial charge >= 0.3 is 5.97 Å². The maximum absolute atomic E-state index is 12.1. The predicted molar refractivity (Wildman–Crippen MR) is 82.6 cm³/mol. The average molecular weight is 305 g/mol. The molecular formula is C17H23NO4. The van der Waals surface area contributed by atoms with Crippen LogP contribution in [0.4, 0.5) is 0 Å². The molecule has 1 fully saturated rings. The highest BCUT2D eigenvalue weighted by Crippen LogP contribution is 2.26. The summed E-state index contributed by atoms with van der Waals surface area (Å²) in [4.78, 5) is 25.7. The Morgan fingerprint density at radius 2 is 1.95 bits per heavy atom. The Balaban J connectivity index is 1.83. The fraction of sp³-hybridized carbons (Fsp3) is 0.529. The minimum Gasteiger partial charge on any atom is -0.508 e. The molecule has 22 heavy (non-hydrogen) atoms. The highest BCUT2D eigenvalue weighted by molar-refractivity contribution is 5.91. The molecule has 1 aromatic rings. The number of hydrogen-bond donors (Lipinski definition) is 1. The number of hydrogen-bond acceptors (Lipinski definition) is 4. The van der Waals surface area contributed by atoms with Gasteiger partial charge in [-0.1, -0.05) is 13.0 Å². The molecule has 2 rings (SSSR count). The summed E-state index contributed by atoms with van der Waals surface area (Å²) in [5.41, 5.74) is 0.238. The standard InChI is InChI=1S/C17H23NO4/c1-12-6-8-14(9-7-12)18(2)16(20)11-22-17(21)13-4-3-5-15(19)10-13/h3-5,10,12,14,19H,6-9,11H2,1-2H3. The number of phenols is 1. The first-order valence-electron chi connectivity index (χ1n) is 7.69. The molecule has 1 aliphatic carbocycles. The fourth-order valence-corrected chi connectivity index (χ4v) is 2.78. The van der Waals surface area contributed by atoms with Crippen LogP contribution in [-0.4, -0.2) is 41.6 Å². The van der Waals surface area contributed by atoms with Crippen molar-refractivity contribution in [3.8, 4) is 5.75 Å². The third kappa shape index (κ3) is 4.23. The van der Waals surface area contributed by atoms with Crippen LogP contribution in [0.3, 0.4) is 0 Å². The summed E-state index contributed by atoms with van der Waals surface area (Å²) in [7, 11) is 1.77. The predicted octanol–water partition coefficient (Wildman–Crippen LogP) is 2.59. The van der Waals surface area contributed by atoms with E-state index in [9.17, 15) is 14.7 Å². The molecule has 0 unspecified atom stereocenters. The summed E-state index contributed by atoms with van der Waals surface area (Å²) < 4.78 is 5.04. The van der Waals surface area contributed by atoms with Crippen molar-refractivity contribution in [2.24, 2.45) is 5.92 Å². The van der Waals surface area contributed by atoms with E-state index in [0.29, 0.717) is 0 Å². The lowest BCUT2D eigenvalue weighted by molar-refractivity contribution is -0.136. The van der Waals surface area contributed by atoms with Gasteiger partial charge < -0.3 is 14.7 Å². The van der Waals surface area contributed by atoms with Gasteiger partial charge in [-0.3, -0.25) is 4.79 Å². The monoisotopic (exact) mass is 305 g/mol. The second-order valence-corrected chi connectivity index (χ2v) is 6.04. The van der Waals surface area contributed by atoms with E-state index < -0.39 is 5.97 Å². The molecule has 1 N–H and O–H groups in total. The second kappa shape index (κ2) is 7.29. The zero-order valence-corrected chi connectivity index (χ0v) is 13.1. The van der Waals surface area contributed by atoms with Crippen LogP contribution in [0.15, 0.2) is 24.3 Å². The van der Waals surface area contributed by atoms with Gasteiger partial charge in [-0.2, -0.15) is 0 Å². The molecule has 5 heteroatoms. The number of phenolic OH excluding ortho intramolecular Hbond substituents is 1. The van der Waals surface area contributed by atoms with Crippen molar-refractivity contribution in [1.82, 2.24) is 4.90 Å². The number of ether oxygens (including phenoxy) is 1. The lowest BCUT2D eigenvalue weighted by atomic mass is 9.87. The van der Waals surface area contributed by atoms with Crippen LogP contribution in [0.2, 0.25) is 0 Å². The van der Waals surface area contributed by atoms with Gasteiger partial charge in [0.25, 0.3) is 5.91 Å². The lowest BCUT2D eigenvalue weighted by Gasteiger charge is -2.33. The van der Waals surface area contributed by atoms with Gasteiger partial charge in [0.05, 0.1) is 5.56 Å². The number of likely N-dealkylation sites (N-methyl/N-ethyl adjacent to an activating group) is 1. The SMILES string of the molecule is CC1CCC(N(C)C(=O)COC(=O)c2cccc(O)c2)CC1. The Hall–Kier alpha value is -2.04. The van der Waals surface area contributed by atoms with Crippen molar-refractivity contribution >= 4 is 11.9 Å². The van der Waals surface area contributed by atoms with E-state index in [4.69, 9.17) is 4.74 Å². The van der Waals surface area contributed by atoms with Crippen molar-refractivity contribution in [3.05, 3.63) is 29.8 Å². The Bertz CT molecular complexity index is 535. The van der Waals surface area contributed by atoms with Crippen LogP contribution in [0.1, 0.15) is 43.0 Å². The van der Waals surface area contributed by atoms with Gasteiger partial charge in [0, 0.05) is 13.1 Å². The maximum atomic E-state index is 12.1. The summed E-state index contributed by atoms with van der Waals surface area (Å²) >= 11 is 0. The smallest absolute Gasteiger partial charge is 0.338 e. The van der Waals surface area contributed by atoms with Gasteiger partial charge in [-0.15, -0.1) is 0 Å². The van der Waals surface area contributed by atoms with Crippen molar-refractivity contribution in [2.45, 2.75) is 38.6 Å². The number of carbonyl (C=O) groups is 2. The Morgan fingerprint density at radius 1 is 1.27 bits per heavy atom. The van der Waals surface area contributed by atoms with Crippen molar-refractivity contribution in [3.63, 3.8) is 0 Å². The lowest BCUT2D eigenvalue weighted by Crippen LogP contribution is -2.41. The summed E-state index contributed by atoms with van der Waals surface area (Å²) in [6.45, 7) is 1.96. The molecule has 0 heterocycles. The molecule has 1 saturated carbocycles. The molecule has 0 spiro atoms. The number of carbonyl (C=O) groups excluding carboxylic acids is 2. The quantitative estimate of drug-likeness (QED) is 0.868. The summed E-state index contributed by atoms with van der Waals surface area (Å²) in [5, 5.41) is 9.34. The summed E-state index contributed by atoms with van der Waals surface area (Å²) in [6, 6.07) is 6.13. The van der Waals surface area contributed by atoms with Crippen molar-refractivity contribution in [2.75, 3.05) is 13.7 Å². The fourth-order valence-electron chi connectivity index (χ4n) is 2.78. The van der Waals surface area contributed by atoms with Crippen LogP contribution in [0.5, 0.6) is 5.75 Å². The molecule has 5 nitrogen and oxygen atoms in total. The highest BCUT2D eigenvalue weighted by Gasteiger charge is 2.25. The number of esters is 1. The van der Waals surface area contributed by atoms with Crippen LogP contribution >= 0.6 is 0 Å². The minimum absolute atomic E-state index is 0.00535. The van der Waals surface area contributed by atoms with E-state index in [-0.39, 0.29) is 29.9 Å². The molecule has 1 amide bonds. The van der Waals surface area contributed by atoms with E-state index in [1.165, 1.54) is 12.1 Å². The first kappa shape index (κ1) is 16.3. The van der Waals surface area contributed by atoms with Crippen LogP contribution in [0.25, 0.3) is 0 Å². The molecule has 0 aromatic heterocycles. The molecule has 0 radical (unpaired) electrons. The maximum Gasteiger partial charge on any atom is 0.338 e. The average Bonchev–Trinajstić information content (AvgIpc) is 2.52. The van der Waals surface area contributed by atoms with Crippen LogP contribution in [0, 0.1) is 5.92 Å². The second-order valence-electron chi connectivity index (χ2n) is 6.04. The summed E-state index contributed by atoms with van der Waals surface area (Å²) in [6.07, 6.45) is 4.27. The van der Waals surface area contributed by atoms with Crippen molar-refractivity contribution < 1.29 is 19.4 Å². The molecule has 120 valence electrons. The van der Waals surface area contributed by atoms with E-state index in [1.807, 2.05) is 0 Å². The molecule has 0 bridgehead atoms. The number of aromatic hydroxyl groups is 1. The largest absolute Gasteiger partial charge is 0.508 e. The number of nitrogens with zero attached hydrogens (tertiary/aromatic N) is 1. The highest BCUT2D eigenvalue weighted by atomic mass is 16.5. The zero-order chi connectivity index (χ0) is 16.1. The van der Waals surface area contributed by atoms with E-state index >= 15 is 0 Å². The number of rotatable bonds is 4. The van der Waals surface area contributed by atoms with E-state index in [2.05, 4.69) is 6.92 Å². The van der Waals surface area contributed by atoms with E-state index in [1.54, 1.807) is 24.1 Å². The Labute approximate surface area is 130 Å². The molecular weight excluding hydrogens is 282 g/mol. The molecule has 1 aromatic carbocycles. The van der Waals surface area contributed by atoms with Crippen LogP contribution in [-0.2, 0) is 9.53 Å². The van der Waals surface area contributed by atoms with Crippen molar-refractivity contribution in [1.29, 1.82) is 0 Å². The summed E-state index contributed by atoms with van der Waals surface area (Å²) in [5.74, 6) is -0.0690. The van der Waals surface area contributed by atoms with Gasteiger partial charge in [0.15, 0.2) is 6.61 Å². The first-order valence-corrected chi connectivity index (χ1v) is 7.69. The third-order valence-corrected chi connectivity index (χ3v) is 4.34. The van der Waals surface area contributed by atoms with Gasteiger partial charge in [0.2, 0.25) is 0 Å². The molecule has 0 aliphatic heterocycles. The normalized spacial score (nSPS) is 21.2. The Kier molecular flexibility index (Phi) is 5.41. The minimum atomic E-state index is -0.602. The third-order valence-electron chi connectivity index (χ3n) is 4.34. The van der Waals surface area contributed by atoms with Gasteiger partial charge in [-0.05, 0) is 49.8 Å². The molecule has 1 aliphatic rings. The van der Waals surface area contributed by atoms with Gasteiger partial charge in [-0.25, -0.2) is 4.79 Å². The zero-order valence-electron chi connectivity index (χ0n) is 13.1. The number of benzene rings is 1. The topological polar surface area (TPSA) is 66.8 Å². The molecule has 0 saturated heterocycles. The molecule has 0 atom stereocenters. The van der Waals surface area contributed by atoms with Gasteiger partial charge in [0.1, 0.15) is 5.75 Å². The number of amides is 1. The first-order chi connectivity index (χ1) is 10.5. The Morgan fingerprint density at radius 3 is 2.59 bits per heavy atom. The van der Waals surface area contributed by atoms with E-state index in [0.717, 1.165) is 31.6 Å².